The van der Waals surface area contributed by atoms with E-state index in [0.29, 0.717) is 6.42 Å². The quantitative estimate of drug-likeness (QED) is 0.792. The zero-order chi connectivity index (χ0) is 14.3. The number of halogens is 1. The Kier molecular flexibility index (Phi) is 5.99. The summed E-state index contributed by atoms with van der Waals surface area (Å²) in [6, 6.07) is 6.55. The van der Waals surface area contributed by atoms with Gasteiger partial charge in [-0.1, -0.05) is 29.8 Å². The highest BCUT2D eigenvalue weighted by Gasteiger charge is 2.18. The van der Waals surface area contributed by atoms with E-state index in [9.17, 15) is 14.0 Å². The zero-order valence-corrected chi connectivity index (χ0v) is 10.9. The number of aliphatic carboxylic acids is 1. The fraction of sp³-hybridized carbons (Fsp3) is 0.429. The Morgan fingerprint density at radius 1 is 1.32 bits per heavy atom. The smallest absolute Gasteiger partial charge is 0.328 e. The van der Waals surface area contributed by atoms with Crippen molar-refractivity contribution in [2.45, 2.75) is 32.2 Å². The molecule has 0 saturated carbocycles. The van der Waals surface area contributed by atoms with Gasteiger partial charge in [-0.2, -0.15) is 0 Å². The number of carboxylic acid groups (broad SMARTS) is 1. The Labute approximate surface area is 111 Å². The molecule has 2 N–H and O–H groups in total. The van der Waals surface area contributed by atoms with Gasteiger partial charge in [0.25, 0.3) is 0 Å². The van der Waals surface area contributed by atoms with E-state index in [1.807, 2.05) is 31.2 Å². The molecule has 0 spiro atoms. The molecule has 0 radical (unpaired) electrons. The van der Waals surface area contributed by atoms with Gasteiger partial charge >= 0.3 is 5.97 Å². The summed E-state index contributed by atoms with van der Waals surface area (Å²) < 4.78 is 12.3. The number of alkyl halides is 1. The van der Waals surface area contributed by atoms with Gasteiger partial charge in [0, 0.05) is 6.42 Å². The summed E-state index contributed by atoms with van der Waals surface area (Å²) in [6.07, 6.45) is 1.53. The number of nitrogens with one attached hydrogen (secondary N) is 1. The maximum atomic E-state index is 12.3. The molecule has 4 nitrogen and oxygen atoms in total. The summed E-state index contributed by atoms with van der Waals surface area (Å²) in [5.74, 6) is -1.79. The molecule has 0 aliphatic rings. The summed E-state index contributed by atoms with van der Waals surface area (Å²) in [7, 11) is 0. The molecule has 0 bridgehead atoms. The third-order valence-corrected chi connectivity index (χ3v) is 2.78. The topological polar surface area (TPSA) is 66.4 Å². The third kappa shape index (κ3) is 5.50. The Morgan fingerprint density at radius 2 is 1.95 bits per heavy atom. The van der Waals surface area contributed by atoms with Crippen molar-refractivity contribution in [1.82, 2.24) is 5.32 Å². The fourth-order valence-corrected chi connectivity index (χ4v) is 1.64. The van der Waals surface area contributed by atoms with Crippen LogP contribution in [0.4, 0.5) is 4.39 Å². The zero-order valence-electron chi connectivity index (χ0n) is 10.9. The maximum absolute atomic E-state index is 12.3. The highest BCUT2D eigenvalue weighted by atomic mass is 19.1. The highest BCUT2D eigenvalue weighted by Crippen LogP contribution is 2.07. The lowest BCUT2D eigenvalue weighted by Gasteiger charge is -2.10. The molecule has 1 aromatic carbocycles. The van der Waals surface area contributed by atoms with Crippen molar-refractivity contribution in [3.8, 4) is 0 Å². The van der Waals surface area contributed by atoms with Crippen molar-refractivity contribution in [3.63, 3.8) is 0 Å². The Bertz CT molecular complexity index is 431. The summed E-state index contributed by atoms with van der Waals surface area (Å²) in [4.78, 5) is 22.0. The maximum Gasteiger partial charge on any atom is 0.328 e. The standard InChI is InChI=1S/C14H18FNO3/c1-10-5-7-11(8-6-10)3-2-4-13(17)16-12(9-15)14(18)19/h5-8,12H,2-4,9H2,1H3,(H,16,17)(H,18,19). The Morgan fingerprint density at radius 3 is 2.47 bits per heavy atom. The minimum absolute atomic E-state index is 0.192. The number of aryl methyl sites for hydroxylation is 2. The molecule has 1 aromatic rings. The van der Waals surface area contributed by atoms with Crippen LogP contribution in [-0.2, 0) is 16.0 Å². The molecule has 0 saturated heterocycles. The van der Waals surface area contributed by atoms with Gasteiger partial charge in [0.05, 0.1) is 0 Å². The lowest BCUT2D eigenvalue weighted by molar-refractivity contribution is -0.142. The largest absolute Gasteiger partial charge is 0.480 e. The van der Waals surface area contributed by atoms with Crippen LogP contribution in [0, 0.1) is 6.92 Å². The van der Waals surface area contributed by atoms with Gasteiger partial charge in [-0.15, -0.1) is 0 Å². The van der Waals surface area contributed by atoms with E-state index < -0.39 is 24.6 Å². The number of carbonyl (C=O) groups excluding carboxylic acids is 1. The van der Waals surface area contributed by atoms with Gasteiger partial charge in [0.2, 0.25) is 5.91 Å². The number of benzene rings is 1. The highest BCUT2D eigenvalue weighted by molar-refractivity contribution is 5.83. The summed E-state index contributed by atoms with van der Waals surface area (Å²) in [6.45, 7) is 0.902. The molecule has 0 heterocycles. The van der Waals surface area contributed by atoms with Crippen LogP contribution in [0.2, 0.25) is 0 Å². The molecule has 1 rings (SSSR count). The van der Waals surface area contributed by atoms with E-state index in [2.05, 4.69) is 5.32 Å². The van der Waals surface area contributed by atoms with E-state index in [4.69, 9.17) is 5.11 Å². The first-order valence-electron chi connectivity index (χ1n) is 6.16. The third-order valence-electron chi connectivity index (χ3n) is 2.78. The molecule has 0 aliphatic heterocycles. The Hall–Kier alpha value is -1.91. The van der Waals surface area contributed by atoms with Crippen LogP contribution in [0.25, 0.3) is 0 Å². The number of hydrogen-bond acceptors (Lipinski definition) is 2. The first-order valence-corrected chi connectivity index (χ1v) is 6.16. The second kappa shape index (κ2) is 7.51. The summed E-state index contributed by atoms with van der Waals surface area (Å²) in [5, 5.41) is 10.7. The minimum Gasteiger partial charge on any atom is -0.480 e. The van der Waals surface area contributed by atoms with Crippen molar-refractivity contribution in [1.29, 1.82) is 0 Å². The van der Waals surface area contributed by atoms with E-state index in [-0.39, 0.29) is 6.42 Å². The van der Waals surface area contributed by atoms with Gasteiger partial charge in [-0.25, -0.2) is 9.18 Å². The van der Waals surface area contributed by atoms with Crippen LogP contribution in [0.1, 0.15) is 24.0 Å². The Balaban J connectivity index is 2.30. The van der Waals surface area contributed by atoms with E-state index in [1.165, 1.54) is 5.56 Å². The van der Waals surface area contributed by atoms with Crippen molar-refractivity contribution in [2.75, 3.05) is 6.67 Å². The second-order valence-corrected chi connectivity index (χ2v) is 4.45. The summed E-state index contributed by atoms with van der Waals surface area (Å²) >= 11 is 0. The van der Waals surface area contributed by atoms with E-state index in [1.54, 1.807) is 0 Å². The normalized spacial score (nSPS) is 11.9. The number of carboxylic acids is 1. The molecule has 0 aliphatic carbocycles. The monoisotopic (exact) mass is 267 g/mol. The number of hydrogen-bond donors (Lipinski definition) is 2. The molecule has 1 amide bonds. The van der Waals surface area contributed by atoms with E-state index >= 15 is 0 Å². The fourth-order valence-electron chi connectivity index (χ4n) is 1.64. The number of rotatable bonds is 7. The summed E-state index contributed by atoms with van der Waals surface area (Å²) in [5.41, 5.74) is 2.30. The predicted molar refractivity (Wildman–Crippen MR) is 69.7 cm³/mol. The van der Waals surface area contributed by atoms with Gasteiger partial charge in [-0.05, 0) is 25.3 Å². The molecule has 0 fully saturated rings. The van der Waals surface area contributed by atoms with Crippen molar-refractivity contribution < 1.29 is 19.1 Å². The van der Waals surface area contributed by atoms with Crippen LogP contribution < -0.4 is 5.32 Å². The molecule has 104 valence electrons. The average Bonchev–Trinajstić information content (AvgIpc) is 2.38. The lowest BCUT2D eigenvalue weighted by atomic mass is 10.1. The van der Waals surface area contributed by atoms with Crippen LogP contribution in [0.5, 0.6) is 0 Å². The lowest BCUT2D eigenvalue weighted by Crippen LogP contribution is -2.42. The van der Waals surface area contributed by atoms with Gasteiger partial charge in [0.15, 0.2) is 6.04 Å². The molecular formula is C14H18FNO3. The van der Waals surface area contributed by atoms with Crippen LogP contribution in [-0.4, -0.2) is 29.7 Å². The van der Waals surface area contributed by atoms with Crippen LogP contribution >= 0.6 is 0 Å². The van der Waals surface area contributed by atoms with E-state index in [0.717, 1.165) is 12.0 Å². The van der Waals surface area contributed by atoms with Crippen molar-refractivity contribution >= 4 is 11.9 Å². The van der Waals surface area contributed by atoms with Crippen LogP contribution in [0.15, 0.2) is 24.3 Å². The average molecular weight is 267 g/mol. The van der Waals surface area contributed by atoms with Gasteiger partial charge in [0.1, 0.15) is 6.67 Å². The first kappa shape index (κ1) is 15.1. The molecule has 1 unspecified atom stereocenters. The van der Waals surface area contributed by atoms with Crippen molar-refractivity contribution in [3.05, 3.63) is 35.4 Å². The van der Waals surface area contributed by atoms with Gasteiger partial charge in [-0.3, -0.25) is 4.79 Å². The molecular weight excluding hydrogens is 249 g/mol. The van der Waals surface area contributed by atoms with Gasteiger partial charge < -0.3 is 10.4 Å². The molecule has 19 heavy (non-hydrogen) atoms. The first-order chi connectivity index (χ1) is 9.02. The number of carbonyl (C=O) groups is 2. The number of amides is 1. The minimum atomic E-state index is -1.44. The van der Waals surface area contributed by atoms with Crippen LogP contribution in [0.3, 0.4) is 0 Å². The molecule has 5 heteroatoms. The molecule has 0 aromatic heterocycles. The molecule has 1 atom stereocenters. The predicted octanol–water partition coefficient (Wildman–Crippen LogP) is 1.86. The second-order valence-electron chi connectivity index (χ2n) is 4.45. The SMILES string of the molecule is Cc1ccc(CCCC(=O)NC(CF)C(=O)O)cc1. The van der Waals surface area contributed by atoms with Crippen molar-refractivity contribution in [2.24, 2.45) is 0 Å².